The van der Waals surface area contributed by atoms with Gasteiger partial charge in [0, 0.05) is 24.2 Å². The highest BCUT2D eigenvalue weighted by atomic mass is 35.5. The Balaban J connectivity index is 1.75. The maximum Gasteiger partial charge on any atom is 0.295 e. The summed E-state index contributed by atoms with van der Waals surface area (Å²) in [6, 6.07) is 12.8. The largest absolute Gasteiger partial charge is 0.301 e. The van der Waals surface area contributed by atoms with Crippen LogP contribution in [0.15, 0.2) is 47.3 Å². The molecule has 0 amide bonds. The highest BCUT2D eigenvalue weighted by Gasteiger charge is 2.26. The van der Waals surface area contributed by atoms with Gasteiger partial charge in [-0.05, 0) is 74.5 Å². The molecule has 1 aromatic heterocycles. The molecule has 1 atom stereocenters. The first-order valence-electron chi connectivity index (χ1n) is 10.7. The van der Waals surface area contributed by atoms with E-state index in [1.807, 2.05) is 12.1 Å². The molecule has 0 unspecified atom stereocenters. The van der Waals surface area contributed by atoms with Crippen molar-refractivity contribution in [2.45, 2.75) is 45.7 Å². The lowest BCUT2D eigenvalue weighted by Gasteiger charge is -2.35. The summed E-state index contributed by atoms with van der Waals surface area (Å²) >= 11 is 5.97. The smallest absolute Gasteiger partial charge is 0.295 e. The van der Waals surface area contributed by atoms with Crippen molar-refractivity contribution in [1.82, 2.24) is 14.5 Å². The Morgan fingerprint density at radius 1 is 1.13 bits per heavy atom. The molecule has 0 radical (unpaired) electrons. The van der Waals surface area contributed by atoms with E-state index in [1.165, 1.54) is 4.57 Å². The molecule has 2 heterocycles. The van der Waals surface area contributed by atoms with Crippen molar-refractivity contribution >= 4 is 22.5 Å². The quantitative estimate of drug-likeness (QED) is 0.500. The van der Waals surface area contributed by atoms with Gasteiger partial charge in [0.2, 0.25) is 0 Å². The zero-order valence-corrected chi connectivity index (χ0v) is 18.4. The van der Waals surface area contributed by atoms with Crippen LogP contribution >= 0.6 is 11.6 Å². The maximum atomic E-state index is 13.8. The monoisotopic (exact) mass is 445 g/mol. The van der Waals surface area contributed by atoms with E-state index < -0.39 is 17.8 Å². The van der Waals surface area contributed by atoms with E-state index >= 15 is 0 Å². The summed E-state index contributed by atoms with van der Waals surface area (Å²) in [5.74, 6) is -0.302. The number of piperidine rings is 1. The molecule has 0 aliphatic carbocycles. The van der Waals surface area contributed by atoms with E-state index in [0.29, 0.717) is 22.0 Å². The number of aromatic nitrogens is 2. The Morgan fingerprint density at radius 2 is 1.84 bits per heavy atom. The first-order chi connectivity index (χ1) is 14.8. The van der Waals surface area contributed by atoms with Gasteiger partial charge in [-0.25, -0.2) is 13.8 Å². The summed E-state index contributed by atoms with van der Waals surface area (Å²) in [4.78, 5) is 19.9. The summed E-state index contributed by atoms with van der Waals surface area (Å²) < 4.78 is 28.9. The Labute approximate surface area is 185 Å². The van der Waals surface area contributed by atoms with Gasteiger partial charge >= 0.3 is 0 Å². The number of nitrogens with zero attached hydrogens (tertiary/aromatic N) is 3. The average Bonchev–Trinajstić information content (AvgIpc) is 2.76. The van der Waals surface area contributed by atoms with E-state index in [2.05, 4.69) is 23.7 Å². The molecule has 164 valence electrons. The topological polar surface area (TPSA) is 38.1 Å². The summed E-state index contributed by atoms with van der Waals surface area (Å²) in [5.41, 5.74) is 1.61. The van der Waals surface area contributed by atoms with Crippen LogP contribution in [0.1, 0.15) is 38.9 Å². The lowest BCUT2D eigenvalue weighted by Crippen LogP contribution is -2.42. The Morgan fingerprint density at radius 3 is 2.52 bits per heavy atom. The fourth-order valence-corrected chi connectivity index (χ4v) is 4.50. The fourth-order valence-electron chi connectivity index (χ4n) is 4.38. The first kappa shape index (κ1) is 21.9. The van der Waals surface area contributed by atoms with Crippen LogP contribution < -0.4 is 5.56 Å². The van der Waals surface area contributed by atoms with E-state index in [0.717, 1.165) is 37.1 Å². The van der Waals surface area contributed by atoms with Crippen LogP contribution in [0.5, 0.6) is 0 Å². The molecular weight excluding hydrogens is 420 g/mol. The molecular formula is C24H26ClF2N3O. The van der Waals surface area contributed by atoms with Gasteiger partial charge in [0.05, 0.1) is 10.9 Å². The third-order valence-electron chi connectivity index (χ3n) is 6.08. The standard InChI is InChI=1S/C24H26ClF2N3O/c1-15(2)29-11-3-4-16(13-29)14-30-23(22(26)27)28-21-10-7-18(12-20(21)24(30)31)17-5-8-19(25)9-6-17/h5-10,12,15-16,22H,3-4,11,13-14H2,1-2H3/t16-/m0/s1. The first-order valence-corrected chi connectivity index (χ1v) is 11.0. The lowest BCUT2D eigenvalue weighted by atomic mass is 9.96. The number of benzene rings is 2. The normalized spacial score (nSPS) is 17.7. The predicted molar refractivity (Wildman–Crippen MR) is 121 cm³/mol. The van der Waals surface area contributed by atoms with Crippen molar-refractivity contribution in [3.8, 4) is 11.1 Å². The molecule has 1 aliphatic rings. The third-order valence-corrected chi connectivity index (χ3v) is 6.33. The van der Waals surface area contributed by atoms with Gasteiger partial charge in [-0.15, -0.1) is 0 Å². The van der Waals surface area contributed by atoms with Crippen LogP contribution in [0.2, 0.25) is 5.02 Å². The SMILES string of the molecule is CC(C)N1CCC[C@H](Cn2c(C(F)F)nc3ccc(-c4ccc(Cl)cc4)cc3c2=O)C1. The fraction of sp³-hybridized carbons (Fsp3) is 0.417. The van der Waals surface area contributed by atoms with Crippen molar-refractivity contribution in [3.63, 3.8) is 0 Å². The number of likely N-dealkylation sites (tertiary alicyclic amines) is 1. The number of hydrogen-bond donors (Lipinski definition) is 0. The van der Waals surface area contributed by atoms with Crippen LogP contribution in [-0.4, -0.2) is 33.6 Å². The molecule has 4 rings (SSSR count). The van der Waals surface area contributed by atoms with Gasteiger partial charge in [0.25, 0.3) is 12.0 Å². The second-order valence-corrected chi connectivity index (χ2v) is 8.96. The number of alkyl halides is 2. The zero-order valence-electron chi connectivity index (χ0n) is 17.7. The van der Waals surface area contributed by atoms with Crippen molar-refractivity contribution in [2.75, 3.05) is 13.1 Å². The maximum absolute atomic E-state index is 13.8. The van der Waals surface area contributed by atoms with Crippen molar-refractivity contribution < 1.29 is 8.78 Å². The molecule has 1 saturated heterocycles. The van der Waals surface area contributed by atoms with Crippen LogP contribution in [0.25, 0.3) is 22.0 Å². The highest BCUT2D eigenvalue weighted by Crippen LogP contribution is 2.27. The van der Waals surface area contributed by atoms with Crippen LogP contribution in [0, 0.1) is 5.92 Å². The van der Waals surface area contributed by atoms with Crippen LogP contribution in [-0.2, 0) is 6.54 Å². The van der Waals surface area contributed by atoms with Crippen molar-refractivity contribution in [1.29, 1.82) is 0 Å². The third kappa shape index (κ3) is 4.65. The number of halogens is 3. The van der Waals surface area contributed by atoms with Gasteiger partial charge < -0.3 is 4.90 Å². The van der Waals surface area contributed by atoms with E-state index in [-0.39, 0.29) is 12.5 Å². The minimum atomic E-state index is -2.81. The Hall–Kier alpha value is -2.31. The number of hydrogen-bond acceptors (Lipinski definition) is 3. The molecule has 31 heavy (non-hydrogen) atoms. The number of rotatable bonds is 5. The molecule has 0 N–H and O–H groups in total. The molecule has 0 bridgehead atoms. The highest BCUT2D eigenvalue weighted by molar-refractivity contribution is 6.30. The Kier molecular flexibility index (Phi) is 6.39. The molecule has 7 heteroatoms. The van der Waals surface area contributed by atoms with E-state index in [4.69, 9.17) is 11.6 Å². The van der Waals surface area contributed by atoms with Crippen molar-refractivity contribution in [3.05, 3.63) is 63.7 Å². The molecule has 2 aromatic carbocycles. The summed E-state index contributed by atoms with van der Waals surface area (Å²) in [6.07, 6.45) is -0.886. The van der Waals surface area contributed by atoms with Crippen LogP contribution in [0.3, 0.4) is 0 Å². The molecule has 4 nitrogen and oxygen atoms in total. The van der Waals surface area contributed by atoms with Crippen molar-refractivity contribution in [2.24, 2.45) is 5.92 Å². The summed E-state index contributed by atoms with van der Waals surface area (Å²) in [6.45, 7) is 6.33. The molecule has 1 fully saturated rings. The Bertz CT molecular complexity index is 1130. The molecule has 3 aromatic rings. The predicted octanol–water partition coefficient (Wildman–Crippen LogP) is 5.77. The lowest BCUT2D eigenvalue weighted by molar-refractivity contribution is 0.114. The molecule has 0 saturated carbocycles. The van der Waals surface area contributed by atoms with Gasteiger partial charge in [0.1, 0.15) is 0 Å². The van der Waals surface area contributed by atoms with Gasteiger partial charge in [0.15, 0.2) is 5.82 Å². The second-order valence-electron chi connectivity index (χ2n) is 8.52. The average molecular weight is 446 g/mol. The zero-order chi connectivity index (χ0) is 22.1. The number of fused-ring (bicyclic) bond motifs is 1. The van der Waals surface area contributed by atoms with Gasteiger partial charge in [-0.2, -0.15) is 0 Å². The molecule has 0 spiro atoms. The minimum absolute atomic E-state index is 0.144. The summed E-state index contributed by atoms with van der Waals surface area (Å²) in [5, 5.41) is 0.978. The van der Waals surface area contributed by atoms with E-state index in [1.54, 1.807) is 30.3 Å². The van der Waals surface area contributed by atoms with Gasteiger partial charge in [-0.3, -0.25) is 9.36 Å². The molecule has 1 aliphatic heterocycles. The second kappa shape index (κ2) is 9.05. The summed E-state index contributed by atoms with van der Waals surface area (Å²) in [7, 11) is 0. The van der Waals surface area contributed by atoms with Gasteiger partial charge in [-0.1, -0.05) is 29.8 Å². The van der Waals surface area contributed by atoms with E-state index in [9.17, 15) is 13.6 Å². The van der Waals surface area contributed by atoms with Crippen LogP contribution in [0.4, 0.5) is 8.78 Å². The minimum Gasteiger partial charge on any atom is -0.301 e.